The third-order valence-corrected chi connectivity index (χ3v) is 4.85. The van der Waals surface area contributed by atoms with Crippen LogP contribution < -0.4 is 20.5 Å². The summed E-state index contributed by atoms with van der Waals surface area (Å²) in [5, 5.41) is 18.7. The van der Waals surface area contributed by atoms with Crippen molar-refractivity contribution < 1.29 is 13.9 Å². The van der Waals surface area contributed by atoms with Crippen molar-refractivity contribution in [2.24, 2.45) is 5.73 Å². The average Bonchev–Trinajstić information content (AvgIpc) is 3.37. The van der Waals surface area contributed by atoms with Crippen LogP contribution >= 0.6 is 0 Å². The van der Waals surface area contributed by atoms with Crippen molar-refractivity contribution in [1.29, 1.82) is 5.26 Å². The molecule has 1 aliphatic carbocycles. The fourth-order valence-corrected chi connectivity index (χ4v) is 3.39. The summed E-state index contributed by atoms with van der Waals surface area (Å²) in [6.45, 7) is 0. The predicted molar refractivity (Wildman–Crippen MR) is 107 cm³/mol. The highest BCUT2D eigenvalue weighted by molar-refractivity contribution is 5.72. The fraction of sp³-hybridized carbons (Fsp3) is 0.300. The molecule has 1 saturated carbocycles. The van der Waals surface area contributed by atoms with Crippen LogP contribution in [0.25, 0.3) is 11.3 Å². The Morgan fingerprint density at radius 3 is 2.77 bits per heavy atom. The number of benzene rings is 1. The normalized spacial score (nSPS) is 18.1. The number of methoxy groups -OCH3 is 1. The van der Waals surface area contributed by atoms with Crippen molar-refractivity contribution in [3.63, 3.8) is 0 Å². The largest absolute Gasteiger partial charge is 0.497 e. The fourth-order valence-electron chi connectivity index (χ4n) is 3.39. The Morgan fingerprint density at radius 1 is 1.23 bits per heavy atom. The van der Waals surface area contributed by atoms with Gasteiger partial charge in [0.05, 0.1) is 30.8 Å². The summed E-state index contributed by atoms with van der Waals surface area (Å²) >= 11 is 0. The van der Waals surface area contributed by atoms with E-state index in [0.717, 1.165) is 12.8 Å². The van der Waals surface area contributed by atoms with Crippen LogP contribution in [0.5, 0.6) is 11.5 Å². The maximum atomic E-state index is 14.9. The van der Waals surface area contributed by atoms with Crippen LogP contribution in [0.15, 0.2) is 30.6 Å². The summed E-state index contributed by atoms with van der Waals surface area (Å²) in [5.41, 5.74) is 6.86. The first-order chi connectivity index (χ1) is 14.6. The number of nitrogens with one attached hydrogen (secondary N) is 2. The second kappa shape index (κ2) is 8.34. The Morgan fingerprint density at radius 2 is 2.10 bits per heavy atom. The van der Waals surface area contributed by atoms with Gasteiger partial charge >= 0.3 is 0 Å². The first-order valence-corrected chi connectivity index (χ1v) is 9.40. The van der Waals surface area contributed by atoms with Gasteiger partial charge < -0.3 is 20.5 Å². The van der Waals surface area contributed by atoms with E-state index in [4.69, 9.17) is 20.5 Å². The Hall–Kier alpha value is -3.71. The van der Waals surface area contributed by atoms with E-state index >= 15 is 0 Å². The van der Waals surface area contributed by atoms with Crippen LogP contribution in [0.2, 0.25) is 0 Å². The number of rotatable bonds is 6. The first-order valence-electron chi connectivity index (χ1n) is 9.40. The minimum atomic E-state index is -0.500. The molecule has 154 valence electrons. The van der Waals surface area contributed by atoms with Crippen LogP contribution in [0.3, 0.4) is 0 Å². The van der Waals surface area contributed by atoms with Gasteiger partial charge in [-0.1, -0.05) is 0 Å². The zero-order valence-electron chi connectivity index (χ0n) is 16.2. The molecule has 3 aromatic rings. The molecule has 1 aliphatic rings. The number of anilines is 2. The molecule has 2 atom stereocenters. The molecule has 0 amide bonds. The molecular formula is C20H20FN7O2. The molecule has 0 unspecified atom stereocenters. The molecule has 9 nitrogen and oxygen atoms in total. The number of ether oxygens (including phenoxy) is 2. The first kappa shape index (κ1) is 19.6. The zero-order valence-corrected chi connectivity index (χ0v) is 16.2. The highest BCUT2D eigenvalue weighted by atomic mass is 19.1. The van der Waals surface area contributed by atoms with Gasteiger partial charge in [-0.2, -0.15) is 10.4 Å². The third kappa shape index (κ3) is 4.16. The van der Waals surface area contributed by atoms with E-state index in [0.29, 0.717) is 35.2 Å². The van der Waals surface area contributed by atoms with Crippen LogP contribution in [0, 0.1) is 17.1 Å². The number of nitrogens with two attached hydrogens (primary N) is 1. The third-order valence-electron chi connectivity index (χ3n) is 4.85. The lowest BCUT2D eigenvalue weighted by molar-refractivity contribution is 0.207. The summed E-state index contributed by atoms with van der Waals surface area (Å²) in [4.78, 5) is 8.02. The van der Waals surface area contributed by atoms with E-state index in [1.807, 2.05) is 6.07 Å². The molecule has 10 heteroatoms. The Balaban J connectivity index is 1.61. The number of aromatic amines is 1. The van der Waals surface area contributed by atoms with Gasteiger partial charge in [-0.25, -0.2) is 14.4 Å². The van der Waals surface area contributed by atoms with Crippen molar-refractivity contribution in [1.82, 2.24) is 20.2 Å². The van der Waals surface area contributed by atoms with Gasteiger partial charge in [0.1, 0.15) is 35.3 Å². The average molecular weight is 409 g/mol. The highest BCUT2D eigenvalue weighted by Crippen LogP contribution is 2.38. The molecule has 0 radical (unpaired) electrons. The maximum Gasteiger partial charge on any atom is 0.158 e. The number of hydrogen-bond donors (Lipinski definition) is 3. The van der Waals surface area contributed by atoms with Gasteiger partial charge in [0.2, 0.25) is 0 Å². The molecule has 2 aromatic heterocycles. The Labute approximate surface area is 172 Å². The minimum Gasteiger partial charge on any atom is -0.497 e. The van der Waals surface area contributed by atoms with Gasteiger partial charge in [-0.05, 0) is 19.3 Å². The molecule has 1 fully saturated rings. The number of halogens is 1. The smallest absolute Gasteiger partial charge is 0.158 e. The number of H-pyrrole nitrogens is 1. The summed E-state index contributed by atoms with van der Waals surface area (Å²) < 4.78 is 26.2. The molecule has 4 N–H and O–H groups in total. The van der Waals surface area contributed by atoms with Crippen LogP contribution in [0.1, 0.15) is 25.0 Å². The molecule has 0 spiro atoms. The van der Waals surface area contributed by atoms with Gasteiger partial charge in [0, 0.05) is 24.2 Å². The van der Waals surface area contributed by atoms with Gasteiger partial charge in [-0.15, -0.1) is 0 Å². The quantitative estimate of drug-likeness (QED) is 0.566. The molecule has 0 saturated heterocycles. The lowest BCUT2D eigenvalue weighted by atomic mass is 10.1. The molecule has 30 heavy (non-hydrogen) atoms. The molecule has 4 rings (SSSR count). The molecule has 1 aromatic carbocycles. The van der Waals surface area contributed by atoms with E-state index in [1.54, 1.807) is 12.1 Å². The van der Waals surface area contributed by atoms with E-state index < -0.39 is 5.82 Å². The molecular weight excluding hydrogens is 389 g/mol. The summed E-state index contributed by atoms with van der Waals surface area (Å²) in [6, 6.07) is 6.58. The van der Waals surface area contributed by atoms with Crippen LogP contribution in [-0.4, -0.2) is 39.4 Å². The van der Waals surface area contributed by atoms with Crippen molar-refractivity contribution in [2.45, 2.75) is 31.4 Å². The van der Waals surface area contributed by atoms with Gasteiger partial charge in [0.25, 0.3) is 0 Å². The second-order valence-electron chi connectivity index (χ2n) is 6.99. The van der Waals surface area contributed by atoms with Gasteiger partial charge in [-0.3, -0.25) is 5.10 Å². The number of hydrogen-bond acceptors (Lipinski definition) is 8. The summed E-state index contributed by atoms with van der Waals surface area (Å²) in [5.74, 6) is 1.03. The predicted octanol–water partition coefficient (Wildman–Crippen LogP) is 2.89. The molecule has 0 bridgehead atoms. The van der Waals surface area contributed by atoms with Crippen molar-refractivity contribution in [3.05, 3.63) is 42.1 Å². The van der Waals surface area contributed by atoms with E-state index in [-0.39, 0.29) is 23.4 Å². The van der Waals surface area contributed by atoms with E-state index in [9.17, 15) is 4.39 Å². The lowest BCUT2D eigenvalue weighted by Gasteiger charge is -2.17. The Bertz CT molecular complexity index is 1080. The second-order valence-corrected chi connectivity index (χ2v) is 6.99. The monoisotopic (exact) mass is 409 g/mol. The van der Waals surface area contributed by atoms with Crippen LogP contribution in [-0.2, 0) is 0 Å². The van der Waals surface area contributed by atoms with Crippen molar-refractivity contribution in [2.75, 3.05) is 12.4 Å². The lowest BCUT2D eigenvalue weighted by Crippen LogP contribution is -2.19. The number of aromatic nitrogens is 4. The minimum absolute atomic E-state index is 0.0836. The number of nitrogens with zero attached hydrogens (tertiary/aromatic N) is 4. The summed E-state index contributed by atoms with van der Waals surface area (Å²) in [6.07, 6.45) is 5.07. The van der Waals surface area contributed by atoms with E-state index in [1.165, 1.54) is 25.6 Å². The zero-order chi connectivity index (χ0) is 21.1. The molecule has 0 aliphatic heterocycles. The van der Waals surface area contributed by atoms with Crippen molar-refractivity contribution in [3.8, 4) is 28.8 Å². The SMILES string of the molecule is COc1cc(F)c(-c2cc(Nc3cnc(C#N)cn3)n[nH]2)c(O[C@@H]2CC[C@H](N)C2)c1. The standard InChI is InChI=1S/C20H20FN7O2/c1-29-14-5-15(21)20(17(6-14)30-13-3-2-11(23)4-13)16-7-18(28-27-16)26-19-10-24-12(8-22)9-25-19/h5-7,9-11,13H,2-4,23H2,1H3,(H2,25,26,27,28)/t11-,13+/m0/s1. The molecule has 2 heterocycles. The topological polar surface area (TPSA) is 135 Å². The van der Waals surface area contributed by atoms with E-state index in [2.05, 4.69) is 25.5 Å². The highest BCUT2D eigenvalue weighted by Gasteiger charge is 2.26. The summed E-state index contributed by atoms with van der Waals surface area (Å²) in [7, 11) is 1.47. The number of nitriles is 1. The van der Waals surface area contributed by atoms with Gasteiger partial charge in [0.15, 0.2) is 11.5 Å². The maximum absolute atomic E-state index is 14.9. The Kier molecular flexibility index (Phi) is 5.45. The van der Waals surface area contributed by atoms with Crippen LogP contribution in [0.4, 0.5) is 16.0 Å². The van der Waals surface area contributed by atoms with Crippen molar-refractivity contribution >= 4 is 11.6 Å².